The van der Waals surface area contributed by atoms with Crippen LogP contribution in [0.1, 0.15) is 33.1 Å². The van der Waals surface area contributed by atoms with E-state index in [1.54, 1.807) is 6.92 Å². The predicted octanol–water partition coefficient (Wildman–Crippen LogP) is 0.674. The first kappa shape index (κ1) is 10.4. The second-order valence-electron chi connectivity index (χ2n) is 2.74. The molecular formula is C8H17NO2. The van der Waals surface area contributed by atoms with Crippen LogP contribution in [-0.4, -0.2) is 23.7 Å². The van der Waals surface area contributed by atoms with Gasteiger partial charge in [-0.3, -0.25) is 4.79 Å². The molecule has 0 saturated heterocycles. The van der Waals surface area contributed by atoms with Gasteiger partial charge >= 0.3 is 0 Å². The van der Waals surface area contributed by atoms with Crippen molar-refractivity contribution in [2.24, 2.45) is 0 Å². The maximum Gasteiger partial charge on any atom is 0.219 e. The van der Waals surface area contributed by atoms with Crippen LogP contribution >= 0.6 is 0 Å². The van der Waals surface area contributed by atoms with Crippen LogP contribution in [0.5, 0.6) is 0 Å². The Kier molecular flexibility index (Phi) is 5.84. The fraction of sp³-hybridized carbons (Fsp3) is 0.875. The van der Waals surface area contributed by atoms with E-state index in [1.165, 1.54) is 0 Å². The van der Waals surface area contributed by atoms with Gasteiger partial charge in [-0.15, -0.1) is 0 Å². The molecule has 0 fully saturated rings. The molecule has 0 aromatic carbocycles. The number of carbonyl (C=O) groups is 1. The summed E-state index contributed by atoms with van der Waals surface area (Å²) in [6, 6.07) is 0. The molecule has 0 heterocycles. The van der Waals surface area contributed by atoms with Gasteiger partial charge in [0.05, 0.1) is 6.10 Å². The molecule has 1 atom stereocenters. The van der Waals surface area contributed by atoms with Crippen molar-refractivity contribution < 1.29 is 9.90 Å². The van der Waals surface area contributed by atoms with Gasteiger partial charge in [0.15, 0.2) is 0 Å². The summed E-state index contributed by atoms with van der Waals surface area (Å²) in [5.74, 6) is 0.0770. The Hall–Kier alpha value is -0.570. The largest absolute Gasteiger partial charge is 0.393 e. The van der Waals surface area contributed by atoms with Crippen molar-refractivity contribution in [2.75, 3.05) is 6.54 Å². The standard InChI is InChI=1S/C8H17NO2/c1-3-4-8(11)9-6-5-7(2)10/h7,10H,3-6H2,1-2H3,(H,9,11). The highest BCUT2D eigenvalue weighted by atomic mass is 16.3. The summed E-state index contributed by atoms with van der Waals surface area (Å²) < 4.78 is 0. The third-order valence-corrected chi connectivity index (χ3v) is 1.36. The Morgan fingerprint density at radius 3 is 2.73 bits per heavy atom. The summed E-state index contributed by atoms with van der Waals surface area (Å²) in [7, 11) is 0. The smallest absolute Gasteiger partial charge is 0.219 e. The molecule has 0 radical (unpaired) electrons. The van der Waals surface area contributed by atoms with Crippen LogP contribution in [0.25, 0.3) is 0 Å². The van der Waals surface area contributed by atoms with E-state index in [9.17, 15) is 4.79 Å². The van der Waals surface area contributed by atoms with E-state index in [1.807, 2.05) is 6.92 Å². The molecule has 1 unspecified atom stereocenters. The molecule has 0 aliphatic heterocycles. The fourth-order valence-corrected chi connectivity index (χ4v) is 0.736. The van der Waals surface area contributed by atoms with Crippen LogP contribution in [0.2, 0.25) is 0 Å². The summed E-state index contributed by atoms with van der Waals surface area (Å²) in [4.78, 5) is 10.8. The van der Waals surface area contributed by atoms with Crippen LogP contribution in [0, 0.1) is 0 Å². The lowest BCUT2D eigenvalue weighted by Crippen LogP contribution is -2.25. The Morgan fingerprint density at radius 1 is 1.64 bits per heavy atom. The van der Waals surface area contributed by atoms with Crippen molar-refractivity contribution in [1.29, 1.82) is 0 Å². The highest BCUT2D eigenvalue weighted by Crippen LogP contribution is 1.88. The molecule has 0 aromatic heterocycles. The topological polar surface area (TPSA) is 49.3 Å². The van der Waals surface area contributed by atoms with Crippen molar-refractivity contribution in [3.63, 3.8) is 0 Å². The summed E-state index contributed by atoms with van der Waals surface area (Å²) >= 11 is 0. The van der Waals surface area contributed by atoms with Gasteiger partial charge in [-0.05, 0) is 19.8 Å². The first-order valence-electron chi connectivity index (χ1n) is 4.11. The zero-order chi connectivity index (χ0) is 8.69. The number of hydrogen-bond donors (Lipinski definition) is 2. The Balaban J connectivity index is 3.17. The van der Waals surface area contributed by atoms with Gasteiger partial charge < -0.3 is 10.4 Å². The number of rotatable bonds is 5. The molecule has 11 heavy (non-hydrogen) atoms. The Bertz CT molecular complexity index is 113. The molecule has 3 nitrogen and oxygen atoms in total. The van der Waals surface area contributed by atoms with E-state index in [-0.39, 0.29) is 12.0 Å². The van der Waals surface area contributed by atoms with E-state index >= 15 is 0 Å². The van der Waals surface area contributed by atoms with Gasteiger partial charge in [-0.25, -0.2) is 0 Å². The minimum atomic E-state index is -0.322. The minimum Gasteiger partial charge on any atom is -0.393 e. The second kappa shape index (κ2) is 6.16. The normalized spacial score (nSPS) is 12.6. The van der Waals surface area contributed by atoms with Gasteiger partial charge in [0.2, 0.25) is 5.91 Å². The maximum absolute atomic E-state index is 10.8. The second-order valence-corrected chi connectivity index (χ2v) is 2.74. The zero-order valence-corrected chi connectivity index (χ0v) is 7.26. The molecule has 1 amide bonds. The van der Waals surface area contributed by atoms with E-state index in [2.05, 4.69) is 5.32 Å². The van der Waals surface area contributed by atoms with Gasteiger partial charge in [0.25, 0.3) is 0 Å². The molecule has 0 rings (SSSR count). The van der Waals surface area contributed by atoms with Crippen molar-refractivity contribution in [2.45, 2.75) is 39.2 Å². The van der Waals surface area contributed by atoms with Gasteiger partial charge in [-0.2, -0.15) is 0 Å². The molecule has 0 aromatic rings. The van der Waals surface area contributed by atoms with Gasteiger partial charge in [0.1, 0.15) is 0 Å². The number of hydrogen-bond acceptors (Lipinski definition) is 2. The maximum atomic E-state index is 10.8. The number of aliphatic hydroxyl groups is 1. The summed E-state index contributed by atoms with van der Waals surface area (Å²) in [5.41, 5.74) is 0. The average molecular weight is 159 g/mol. The highest BCUT2D eigenvalue weighted by Gasteiger charge is 1.99. The Morgan fingerprint density at radius 2 is 2.27 bits per heavy atom. The van der Waals surface area contributed by atoms with Crippen LogP contribution in [-0.2, 0) is 4.79 Å². The molecule has 0 bridgehead atoms. The summed E-state index contributed by atoms with van der Waals surface area (Å²) in [6.45, 7) is 4.26. The molecule has 0 aliphatic carbocycles. The summed E-state index contributed by atoms with van der Waals surface area (Å²) in [5, 5.41) is 11.6. The predicted molar refractivity (Wildman–Crippen MR) is 44.2 cm³/mol. The molecule has 66 valence electrons. The number of amides is 1. The van der Waals surface area contributed by atoms with E-state index in [0.29, 0.717) is 19.4 Å². The van der Waals surface area contributed by atoms with Crippen molar-refractivity contribution in [3.05, 3.63) is 0 Å². The molecule has 3 heteroatoms. The molecular weight excluding hydrogens is 142 g/mol. The van der Waals surface area contributed by atoms with E-state index in [0.717, 1.165) is 6.42 Å². The number of aliphatic hydroxyl groups excluding tert-OH is 1. The fourth-order valence-electron chi connectivity index (χ4n) is 0.736. The number of carbonyl (C=O) groups excluding carboxylic acids is 1. The third kappa shape index (κ3) is 7.33. The summed E-state index contributed by atoms with van der Waals surface area (Å²) in [6.07, 6.45) is 1.77. The Labute approximate surface area is 67.8 Å². The zero-order valence-electron chi connectivity index (χ0n) is 7.26. The average Bonchev–Trinajstić information content (AvgIpc) is 1.87. The van der Waals surface area contributed by atoms with E-state index < -0.39 is 0 Å². The van der Waals surface area contributed by atoms with Crippen LogP contribution in [0.4, 0.5) is 0 Å². The minimum absolute atomic E-state index is 0.0770. The quantitative estimate of drug-likeness (QED) is 0.619. The van der Waals surface area contributed by atoms with Crippen molar-refractivity contribution in [3.8, 4) is 0 Å². The van der Waals surface area contributed by atoms with Crippen molar-refractivity contribution >= 4 is 5.91 Å². The number of nitrogens with one attached hydrogen (secondary N) is 1. The SMILES string of the molecule is CCCC(=O)NCCC(C)O. The van der Waals surface area contributed by atoms with Crippen LogP contribution in [0.15, 0.2) is 0 Å². The van der Waals surface area contributed by atoms with Gasteiger partial charge in [0, 0.05) is 13.0 Å². The monoisotopic (exact) mass is 159 g/mol. The lowest BCUT2D eigenvalue weighted by molar-refractivity contribution is -0.121. The molecule has 0 aliphatic rings. The molecule has 2 N–H and O–H groups in total. The first-order valence-corrected chi connectivity index (χ1v) is 4.11. The van der Waals surface area contributed by atoms with Crippen LogP contribution < -0.4 is 5.32 Å². The molecule has 0 saturated carbocycles. The van der Waals surface area contributed by atoms with E-state index in [4.69, 9.17) is 5.11 Å². The lowest BCUT2D eigenvalue weighted by Gasteiger charge is -2.05. The molecule has 0 spiro atoms. The van der Waals surface area contributed by atoms with Crippen molar-refractivity contribution in [1.82, 2.24) is 5.32 Å². The highest BCUT2D eigenvalue weighted by molar-refractivity contribution is 5.75. The van der Waals surface area contributed by atoms with Gasteiger partial charge in [-0.1, -0.05) is 6.92 Å². The first-order chi connectivity index (χ1) is 5.16. The lowest BCUT2D eigenvalue weighted by atomic mass is 10.3. The van der Waals surface area contributed by atoms with Crippen LogP contribution in [0.3, 0.4) is 0 Å². The third-order valence-electron chi connectivity index (χ3n) is 1.36.